The van der Waals surface area contributed by atoms with E-state index in [-0.39, 0.29) is 29.2 Å². The molecular formula is C16H16BrClN4O5S. The molecule has 150 valence electrons. The Morgan fingerprint density at radius 2 is 1.96 bits per heavy atom. The maximum Gasteiger partial charge on any atom is 0.266 e. The third-order valence-corrected chi connectivity index (χ3v) is 5.91. The lowest BCUT2D eigenvalue weighted by Gasteiger charge is -2.12. The highest BCUT2D eigenvalue weighted by molar-refractivity contribution is 9.10. The van der Waals surface area contributed by atoms with Gasteiger partial charge in [-0.15, -0.1) is 0 Å². The maximum atomic E-state index is 12.9. The van der Waals surface area contributed by atoms with Crippen LogP contribution in [0.2, 0.25) is 5.02 Å². The predicted molar refractivity (Wildman–Crippen MR) is 108 cm³/mol. The zero-order valence-corrected chi connectivity index (χ0v) is 18.0. The Kier molecular flexibility index (Phi) is 6.28. The summed E-state index contributed by atoms with van der Waals surface area (Å²) in [6.45, 7) is 0.544. The van der Waals surface area contributed by atoms with Crippen molar-refractivity contribution in [1.82, 2.24) is 15.0 Å². The Morgan fingerprint density at radius 1 is 1.21 bits per heavy atom. The Hall–Kier alpha value is -2.08. The molecule has 12 heteroatoms. The summed E-state index contributed by atoms with van der Waals surface area (Å²) in [7, 11) is -1.06. The Labute approximate surface area is 174 Å². The van der Waals surface area contributed by atoms with E-state index in [0.717, 1.165) is 0 Å². The van der Waals surface area contributed by atoms with Gasteiger partial charge >= 0.3 is 0 Å². The van der Waals surface area contributed by atoms with Gasteiger partial charge < -0.3 is 19.2 Å². The first kappa shape index (κ1) is 20.6. The van der Waals surface area contributed by atoms with E-state index in [9.17, 15) is 8.42 Å². The van der Waals surface area contributed by atoms with Crippen LogP contribution in [0, 0.1) is 0 Å². The topological polar surface area (TPSA) is 115 Å². The summed E-state index contributed by atoms with van der Waals surface area (Å²) < 4.78 is 44.0. The average Bonchev–Trinajstić information content (AvgIpc) is 3.07. The number of aromatic amines is 1. The molecule has 0 amide bonds. The minimum Gasteiger partial charge on any atom is -0.480 e. The van der Waals surface area contributed by atoms with Crippen LogP contribution in [0.5, 0.6) is 11.8 Å². The maximum absolute atomic E-state index is 12.9. The van der Waals surface area contributed by atoms with E-state index in [0.29, 0.717) is 27.0 Å². The van der Waals surface area contributed by atoms with Crippen LogP contribution in [0.3, 0.4) is 0 Å². The second-order valence-corrected chi connectivity index (χ2v) is 8.35. The molecule has 0 atom stereocenters. The molecule has 3 rings (SSSR count). The molecule has 0 unspecified atom stereocenters. The van der Waals surface area contributed by atoms with Gasteiger partial charge in [0.1, 0.15) is 16.0 Å². The molecule has 0 bridgehead atoms. The van der Waals surface area contributed by atoms with Crippen molar-refractivity contribution in [2.24, 2.45) is 0 Å². The van der Waals surface area contributed by atoms with Gasteiger partial charge in [-0.2, -0.15) is 9.97 Å². The van der Waals surface area contributed by atoms with Crippen molar-refractivity contribution in [3.63, 3.8) is 0 Å². The molecule has 2 heterocycles. The number of anilines is 1. The van der Waals surface area contributed by atoms with Crippen molar-refractivity contribution in [2.75, 3.05) is 32.2 Å². The molecule has 28 heavy (non-hydrogen) atoms. The number of hydrogen-bond donors (Lipinski definition) is 2. The number of ether oxygens (including phenoxy) is 3. The second kappa shape index (κ2) is 8.52. The predicted octanol–water partition coefficient (Wildman–Crippen LogP) is 3.21. The van der Waals surface area contributed by atoms with E-state index in [4.69, 9.17) is 25.8 Å². The molecule has 0 aliphatic carbocycles. The normalized spacial score (nSPS) is 11.6. The van der Waals surface area contributed by atoms with E-state index in [2.05, 4.69) is 35.6 Å². The molecular weight excluding hydrogens is 476 g/mol. The summed E-state index contributed by atoms with van der Waals surface area (Å²) in [5.74, 6) is 0.0360. The number of fused-ring (bicyclic) bond motifs is 1. The molecule has 1 aromatic carbocycles. The fraction of sp³-hybridized carbons (Fsp3) is 0.250. The van der Waals surface area contributed by atoms with Crippen LogP contribution in [-0.4, -0.2) is 50.8 Å². The van der Waals surface area contributed by atoms with Gasteiger partial charge in [-0.3, -0.25) is 0 Å². The quantitative estimate of drug-likeness (QED) is 0.465. The number of H-pyrrole nitrogens is 1. The van der Waals surface area contributed by atoms with Crippen LogP contribution in [0.1, 0.15) is 0 Å². The van der Waals surface area contributed by atoms with E-state index in [1.54, 1.807) is 18.2 Å². The van der Waals surface area contributed by atoms with Crippen molar-refractivity contribution in [1.29, 1.82) is 0 Å². The molecule has 9 nitrogen and oxygen atoms in total. The first-order valence-corrected chi connectivity index (χ1v) is 10.5. The lowest BCUT2D eigenvalue weighted by molar-refractivity contribution is 0.143. The summed E-state index contributed by atoms with van der Waals surface area (Å²) in [5.41, 5.74) is 0.589. The third-order valence-electron chi connectivity index (χ3n) is 3.63. The number of halogens is 2. The van der Waals surface area contributed by atoms with E-state index >= 15 is 0 Å². The van der Waals surface area contributed by atoms with Crippen LogP contribution >= 0.6 is 27.5 Å². The highest BCUT2D eigenvalue weighted by atomic mass is 79.9. The van der Waals surface area contributed by atoms with Crippen molar-refractivity contribution >= 4 is 54.4 Å². The summed E-state index contributed by atoms with van der Waals surface area (Å²) >= 11 is 9.22. The Balaban J connectivity index is 1.95. The van der Waals surface area contributed by atoms with Crippen molar-refractivity contribution < 1.29 is 22.6 Å². The van der Waals surface area contributed by atoms with Gasteiger partial charge in [0.25, 0.3) is 10.0 Å². The zero-order chi connectivity index (χ0) is 20.3. The largest absolute Gasteiger partial charge is 0.480 e. The average molecular weight is 492 g/mol. The van der Waals surface area contributed by atoms with Crippen molar-refractivity contribution in [3.05, 3.63) is 33.9 Å². The first-order valence-electron chi connectivity index (χ1n) is 7.88. The molecule has 0 radical (unpaired) electrons. The number of nitrogens with zero attached hydrogens (tertiary/aromatic N) is 2. The molecule has 3 aromatic rings. The summed E-state index contributed by atoms with van der Waals surface area (Å²) in [4.78, 5) is 11.1. The van der Waals surface area contributed by atoms with Crippen LogP contribution in [0.25, 0.3) is 10.9 Å². The summed E-state index contributed by atoms with van der Waals surface area (Å²) in [5, 5.41) is 0.975. The molecule has 2 N–H and O–H groups in total. The van der Waals surface area contributed by atoms with E-state index < -0.39 is 10.0 Å². The van der Waals surface area contributed by atoms with Gasteiger partial charge in [-0.05, 0) is 34.1 Å². The van der Waals surface area contributed by atoms with Gasteiger partial charge in [-0.1, -0.05) is 11.6 Å². The third kappa shape index (κ3) is 4.32. The van der Waals surface area contributed by atoms with Crippen LogP contribution < -0.4 is 14.2 Å². The van der Waals surface area contributed by atoms with Gasteiger partial charge in [0, 0.05) is 29.2 Å². The Bertz CT molecular complexity index is 1110. The number of hydrogen-bond acceptors (Lipinski definition) is 7. The minimum atomic E-state index is -3.99. The van der Waals surface area contributed by atoms with Crippen molar-refractivity contribution in [2.45, 2.75) is 4.90 Å². The molecule has 0 spiro atoms. The van der Waals surface area contributed by atoms with E-state index in [1.165, 1.54) is 20.4 Å². The van der Waals surface area contributed by atoms with Crippen LogP contribution in [-0.2, 0) is 14.8 Å². The lowest BCUT2D eigenvalue weighted by Crippen LogP contribution is -2.16. The number of benzene rings is 1. The van der Waals surface area contributed by atoms with Gasteiger partial charge in [0.15, 0.2) is 0 Å². The monoisotopic (exact) mass is 490 g/mol. The fourth-order valence-electron chi connectivity index (χ4n) is 2.37. The minimum absolute atomic E-state index is 0.0338. The molecule has 0 aliphatic rings. The molecule has 0 fully saturated rings. The second-order valence-electron chi connectivity index (χ2n) is 5.47. The summed E-state index contributed by atoms with van der Waals surface area (Å²) in [6.07, 6.45) is 1.37. The highest BCUT2D eigenvalue weighted by Crippen LogP contribution is 2.33. The SMILES string of the molecule is COCCOc1nc(NS(=O)(=O)c2c[nH]c3cc(Cl)ccc23)nc(OC)c1Br. The molecule has 0 aliphatic heterocycles. The number of aromatic nitrogens is 3. The van der Waals surface area contributed by atoms with Crippen molar-refractivity contribution in [3.8, 4) is 11.8 Å². The van der Waals surface area contributed by atoms with Gasteiger partial charge in [-0.25, -0.2) is 13.1 Å². The van der Waals surface area contributed by atoms with Gasteiger partial charge in [0.2, 0.25) is 17.7 Å². The van der Waals surface area contributed by atoms with Gasteiger partial charge in [0.05, 0.1) is 13.7 Å². The Morgan fingerprint density at radius 3 is 2.68 bits per heavy atom. The number of nitrogens with one attached hydrogen (secondary N) is 2. The smallest absolute Gasteiger partial charge is 0.266 e. The molecule has 0 saturated heterocycles. The van der Waals surface area contributed by atoms with E-state index in [1.807, 2.05) is 0 Å². The van der Waals surface area contributed by atoms with Crippen LogP contribution in [0.15, 0.2) is 33.8 Å². The van der Waals surface area contributed by atoms with Crippen LogP contribution in [0.4, 0.5) is 5.95 Å². The highest BCUT2D eigenvalue weighted by Gasteiger charge is 2.23. The fourth-order valence-corrected chi connectivity index (χ4v) is 4.12. The molecule has 2 aromatic heterocycles. The standard InChI is InChI=1S/C16H16BrClN4O5S/c1-25-5-6-27-15-13(17)14(26-2)20-16(21-15)22-28(23,24)12-8-19-11-7-9(18)3-4-10(11)12/h3-4,7-8,19H,5-6H2,1-2H3,(H,20,21,22). The lowest BCUT2D eigenvalue weighted by atomic mass is 10.2. The number of sulfonamides is 1. The number of methoxy groups -OCH3 is 2. The summed E-state index contributed by atoms with van der Waals surface area (Å²) in [6, 6.07) is 4.86. The zero-order valence-electron chi connectivity index (χ0n) is 14.8. The molecule has 0 saturated carbocycles. The first-order chi connectivity index (χ1) is 13.4. The number of rotatable bonds is 8.